The Morgan fingerprint density at radius 3 is 2.37 bits per heavy atom. The fourth-order valence-corrected chi connectivity index (χ4v) is 5.64. The second kappa shape index (κ2) is 8.73. The minimum Gasteiger partial charge on any atom is -0.387 e. The molecule has 0 aliphatic carbocycles. The highest BCUT2D eigenvalue weighted by Gasteiger charge is 2.54. The third kappa shape index (κ3) is 6.45. The van der Waals surface area contributed by atoms with Gasteiger partial charge in [0.25, 0.3) is 0 Å². The quantitative estimate of drug-likeness (QED) is 0.167. The minimum atomic E-state index is -5.72. The van der Waals surface area contributed by atoms with E-state index in [4.69, 9.17) is 31.6 Å². The predicted molar refractivity (Wildman–Crippen MR) is 96.2 cm³/mol. The lowest BCUT2D eigenvalue weighted by molar-refractivity contribution is -0.0986. The summed E-state index contributed by atoms with van der Waals surface area (Å²) in [7, 11) is -16.8. The fraction of sp³-hybridized carbons (Fsp3) is 0.600. The number of phosphoric acid groups is 3. The second-order valence-corrected chi connectivity index (χ2v) is 11.0. The van der Waals surface area contributed by atoms with E-state index in [1.165, 1.54) is 6.07 Å². The topological polar surface area (TPSA) is 247 Å². The van der Waals surface area contributed by atoms with E-state index in [1.54, 1.807) is 0 Å². The van der Waals surface area contributed by atoms with E-state index in [2.05, 4.69) is 18.1 Å². The van der Waals surface area contributed by atoms with Crippen LogP contribution in [0.1, 0.15) is 13.2 Å². The molecule has 1 aliphatic rings. The van der Waals surface area contributed by atoms with Crippen molar-refractivity contribution in [1.29, 1.82) is 0 Å². The highest BCUT2D eigenvalue weighted by Crippen LogP contribution is 2.66. The summed E-state index contributed by atoms with van der Waals surface area (Å²) >= 11 is 4.78. The van der Waals surface area contributed by atoms with Crippen molar-refractivity contribution in [3.05, 3.63) is 27.4 Å². The van der Waals surface area contributed by atoms with E-state index in [-0.39, 0.29) is 4.64 Å². The van der Waals surface area contributed by atoms with Crippen LogP contribution in [0.25, 0.3) is 0 Å². The average Bonchev–Trinajstić information content (AvgIpc) is 2.73. The molecule has 1 fully saturated rings. The normalized spacial score (nSPS) is 31.2. The Kier molecular flexibility index (Phi) is 7.46. The molecule has 0 amide bonds. The molecule has 1 aromatic rings. The molecule has 2 heterocycles. The Balaban J connectivity index is 2.13. The SMILES string of the molecule is C[C@@]1(O)C(O)[C@@H](COP(=O)(O)OP(=O)(O)OP(=O)(O)O)O[C@H]1n1ccc(=S)[nH]c1=O. The minimum absolute atomic E-state index is 0.0821. The van der Waals surface area contributed by atoms with Gasteiger partial charge in [-0.05, 0) is 13.0 Å². The number of H-pyrrole nitrogens is 1. The molecule has 3 unspecified atom stereocenters. The molecule has 20 heteroatoms. The van der Waals surface area contributed by atoms with Gasteiger partial charge in [0, 0.05) is 6.20 Å². The van der Waals surface area contributed by atoms with E-state index in [0.29, 0.717) is 0 Å². The van der Waals surface area contributed by atoms with Gasteiger partial charge < -0.3 is 34.5 Å². The van der Waals surface area contributed by atoms with Crippen LogP contribution in [0.2, 0.25) is 0 Å². The summed E-state index contributed by atoms with van der Waals surface area (Å²) in [5.74, 6) is 0. The molecule has 6 atom stereocenters. The van der Waals surface area contributed by atoms with Crippen molar-refractivity contribution in [3.63, 3.8) is 0 Å². The number of aliphatic hydroxyl groups is 2. The standard InChI is InChI=1S/C10H17N2O14P3S/c1-10(15)7(13)5(24-8(10)12-3-2-6(30)11-9(12)14)4-23-28(19,20)26-29(21,22)25-27(16,17)18/h2-3,5,7-8,13,15H,4H2,1H3,(H,19,20)(H,21,22)(H,11,14,30)(H2,16,17,18)/t5-,7?,8-,10-/m1/s1. The molecule has 30 heavy (non-hydrogen) atoms. The smallest absolute Gasteiger partial charge is 0.387 e. The summed E-state index contributed by atoms with van der Waals surface area (Å²) in [6, 6.07) is 1.29. The third-order valence-electron chi connectivity index (χ3n) is 3.68. The van der Waals surface area contributed by atoms with E-state index in [9.17, 15) is 33.6 Å². The van der Waals surface area contributed by atoms with Crippen LogP contribution in [0.3, 0.4) is 0 Å². The number of nitrogens with zero attached hydrogens (tertiary/aromatic N) is 1. The number of ether oxygens (including phenoxy) is 1. The van der Waals surface area contributed by atoms with Crippen molar-refractivity contribution in [1.82, 2.24) is 9.55 Å². The van der Waals surface area contributed by atoms with Gasteiger partial charge in [-0.1, -0.05) is 12.2 Å². The first-order valence-corrected chi connectivity index (χ1v) is 12.5. The van der Waals surface area contributed by atoms with Gasteiger partial charge in [0.2, 0.25) is 0 Å². The molecule has 1 aromatic heterocycles. The Morgan fingerprint density at radius 1 is 1.23 bits per heavy atom. The lowest BCUT2D eigenvalue weighted by atomic mass is 9.96. The van der Waals surface area contributed by atoms with Gasteiger partial charge in [-0.2, -0.15) is 8.62 Å². The van der Waals surface area contributed by atoms with Crippen molar-refractivity contribution in [2.75, 3.05) is 6.61 Å². The molecule has 0 radical (unpaired) electrons. The molecule has 1 aliphatic heterocycles. The molecule has 2 rings (SSSR count). The lowest BCUT2D eigenvalue weighted by Crippen LogP contribution is -2.46. The number of aromatic nitrogens is 2. The van der Waals surface area contributed by atoms with Crippen molar-refractivity contribution in [3.8, 4) is 0 Å². The molecule has 0 spiro atoms. The second-order valence-electron chi connectivity index (χ2n) is 6.10. The molecule has 0 saturated carbocycles. The van der Waals surface area contributed by atoms with Crippen molar-refractivity contribution in [2.24, 2.45) is 0 Å². The number of hydrogen-bond acceptors (Lipinski definition) is 11. The zero-order valence-electron chi connectivity index (χ0n) is 14.7. The molecule has 1 saturated heterocycles. The maximum atomic E-state index is 12.0. The number of aliphatic hydroxyl groups excluding tert-OH is 1. The summed E-state index contributed by atoms with van der Waals surface area (Å²) in [5.41, 5.74) is -2.90. The number of phosphoric ester groups is 1. The van der Waals surface area contributed by atoms with Gasteiger partial charge in [-0.15, -0.1) is 0 Å². The molecule has 0 aromatic carbocycles. The molecule has 0 bridgehead atoms. The average molecular weight is 514 g/mol. The van der Waals surface area contributed by atoms with E-state index >= 15 is 0 Å². The third-order valence-corrected chi connectivity index (χ3v) is 7.72. The van der Waals surface area contributed by atoms with Crippen LogP contribution in [0.4, 0.5) is 0 Å². The van der Waals surface area contributed by atoms with Gasteiger partial charge in [-0.25, -0.2) is 18.5 Å². The van der Waals surface area contributed by atoms with Crippen LogP contribution >= 0.6 is 35.7 Å². The summed E-state index contributed by atoms with van der Waals surface area (Å²) < 4.78 is 51.4. The van der Waals surface area contributed by atoms with Crippen LogP contribution in [-0.2, 0) is 31.6 Å². The zero-order chi connectivity index (χ0) is 23.1. The van der Waals surface area contributed by atoms with E-state index in [1.807, 2.05) is 0 Å². The maximum Gasteiger partial charge on any atom is 0.490 e. The van der Waals surface area contributed by atoms with Gasteiger partial charge in [0.15, 0.2) is 6.23 Å². The van der Waals surface area contributed by atoms with Gasteiger partial charge in [0.05, 0.1) is 6.61 Å². The first-order chi connectivity index (χ1) is 13.4. The Labute approximate surface area is 172 Å². The largest absolute Gasteiger partial charge is 0.490 e. The summed E-state index contributed by atoms with van der Waals surface area (Å²) in [6.45, 7) is 0.0797. The maximum absolute atomic E-state index is 12.0. The van der Waals surface area contributed by atoms with E-state index < -0.39 is 59.8 Å². The van der Waals surface area contributed by atoms with Crippen LogP contribution < -0.4 is 5.69 Å². The number of aromatic amines is 1. The summed E-state index contributed by atoms with van der Waals surface area (Å²) in [4.78, 5) is 49.8. The van der Waals surface area contributed by atoms with Crippen molar-refractivity contribution in [2.45, 2.75) is 31.0 Å². The number of rotatable bonds is 8. The Morgan fingerprint density at radius 2 is 1.83 bits per heavy atom. The molecular formula is C10H17N2O14P3S. The molecule has 172 valence electrons. The Hall–Kier alpha value is -0.610. The van der Waals surface area contributed by atoms with Gasteiger partial charge in [0.1, 0.15) is 22.4 Å². The lowest BCUT2D eigenvalue weighted by Gasteiger charge is -2.27. The summed E-state index contributed by atoms with van der Waals surface area (Å²) in [6.07, 6.45) is -3.67. The molecule has 16 nitrogen and oxygen atoms in total. The van der Waals surface area contributed by atoms with Crippen LogP contribution in [0, 0.1) is 4.64 Å². The number of hydrogen-bond donors (Lipinski definition) is 7. The van der Waals surface area contributed by atoms with Gasteiger partial charge in [-0.3, -0.25) is 14.1 Å². The first kappa shape index (κ1) is 25.6. The molecule has 7 N–H and O–H groups in total. The van der Waals surface area contributed by atoms with Crippen LogP contribution in [-0.4, -0.2) is 63.8 Å². The van der Waals surface area contributed by atoms with E-state index in [0.717, 1.165) is 17.7 Å². The summed E-state index contributed by atoms with van der Waals surface area (Å²) in [5, 5.41) is 20.7. The van der Waals surface area contributed by atoms with Crippen LogP contribution in [0.15, 0.2) is 17.1 Å². The highest BCUT2D eigenvalue weighted by atomic mass is 32.1. The zero-order valence-corrected chi connectivity index (χ0v) is 18.2. The van der Waals surface area contributed by atoms with Crippen LogP contribution in [0.5, 0.6) is 0 Å². The fourth-order valence-electron chi connectivity index (χ4n) is 2.46. The number of nitrogens with one attached hydrogen (secondary N) is 1. The monoisotopic (exact) mass is 514 g/mol. The Bertz CT molecular complexity index is 1050. The highest BCUT2D eigenvalue weighted by molar-refractivity contribution is 7.71. The molecular weight excluding hydrogens is 497 g/mol. The van der Waals surface area contributed by atoms with Gasteiger partial charge >= 0.3 is 29.2 Å². The first-order valence-electron chi connectivity index (χ1n) is 7.59. The van der Waals surface area contributed by atoms with Crippen molar-refractivity contribution < 1.29 is 61.4 Å². The van der Waals surface area contributed by atoms with Crippen molar-refractivity contribution >= 4 is 35.7 Å². The predicted octanol–water partition coefficient (Wildman–Crippen LogP) is -0.742.